The minimum absolute atomic E-state index is 0.0875. The number of benzene rings is 1. The van der Waals surface area contributed by atoms with E-state index in [9.17, 15) is 15.6 Å². The summed E-state index contributed by atoms with van der Waals surface area (Å²) in [6, 6.07) is 6.88. The Bertz CT molecular complexity index is 835. The summed E-state index contributed by atoms with van der Waals surface area (Å²) in [7, 11) is 0. The molecule has 2 aliphatic rings. The van der Waals surface area contributed by atoms with E-state index in [1.54, 1.807) is 52.0 Å². The van der Waals surface area contributed by atoms with Gasteiger partial charge in [0.25, 0.3) is 0 Å². The van der Waals surface area contributed by atoms with Gasteiger partial charge in [0.15, 0.2) is 11.4 Å². The molecule has 0 aliphatic carbocycles. The van der Waals surface area contributed by atoms with Crippen molar-refractivity contribution in [3.63, 3.8) is 0 Å². The zero-order valence-electron chi connectivity index (χ0n) is 17.3. The van der Waals surface area contributed by atoms with Crippen LogP contribution in [0.3, 0.4) is 0 Å². The van der Waals surface area contributed by atoms with E-state index in [1.807, 2.05) is 27.7 Å². The van der Waals surface area contributed by atoms with Gasteiger partial charge in [0.05, 0.1) is 16.6 Å². The van der Waals surface area contributed by atoms with E-state index >= 15 is 0 Å². The van der Waals surface area contributed by atoms with E-state index in [2.05, 4.69) is 4.99 Å². The van der Waals surface area contributed by atoms with Crippen LogP contribution in [0.15, 0.2) is 29.3 Å². The summed E-state index contributed by atoms with van der Waals surface area (Å²) < 4.78 is 0.786. The highest BCUT2D eigenvalue weighted by Crippen LogP contribution is 2.39. The fraction of sp³-hybridized carbons (Fsp3) is 0.600. The highest BCUT2D eigenvalue weighted by molar-refractivity contribution is 6.02. The molecule has 0 bridgehead atoms. The first-order valence-electron chi connectivity index (χ1n) is 9.16. The Balaban J connectivity index is 2.00. The molecule has 0 aromatic heterocycles. The van der Waals surface area contributed by atoms with Crippen LogP contribution in [0, 0.1) is 5.21 Å². The minimum Gasteiger partial charge on any atom is -0.714 e. The second-order valence-electron chi connectivity index (χ2n) is 9.46. The fourth-order valence-corrected chi connectivity index (χ4v) is 3.25. The Kier molecular flexibility index (Phi) is 3.97. The Hall–Kier alpha value is -2.12. The largest absolute Gasteiger partial charge is 0.714 e. The van der Waals surface area contributed by atoms with Gasteiger partial charge >= 0.3 is 5.84 Å². The molecule has 146 valence electrons. The third-order valence-electron chi connectivity index (χ3n) is 6.88. The van der Waals surface area contributed by atoms with E-state index in [1.165, 1.54) is 0 Å². The molecule has 0 atom stereocenters. The van der Waals surface area contributed by atoms with Crippen molar-refractivity contribution in [1.29, 1.82) is 0 Å². The summed E-state index contributed by atoms with van der Waals surface area (Å²) in [5, 5.41) is 40.0. The van der Waals surface area contributed by atoms with E-state index in [0.717, 1.165) is 14.9 Å². The van der Waals surface area contributed by atoms with Gasteiger partial charge in [-0.15, -0.1) is 0 Å². The molecule has 0 fully saturated rings. The van der Waals surface area contributed by atoms with Gasteiger partial charge in [-0.1, -0.05) is 22.4 Å². The Morgan fingerprint density at radius 1 is 0.815 bits per heavy atom. The van der Waals surface area contributed by atoms with Crippen LogP contribution in [-0.4, -0.2) is 48.7 Å². The molecule has 1 aromatic carbocycles. The van der Waals surface area contributed by atoms with Crippen LogP contribution < -0.4 is 0 Å². The maximum absolute atomic E-state index is 12.8. The lowest BCUT2D eigenvalue weighted by Crippen LogP contribution is -2.53. The van der Waals surface area contributed by atoms with Gasteiger partial charge in [-0.25, -0.2) is 0 Å². The molecule has 2 heterocycles. The monoisotopic (exact) mass is 372 g/mol. The van der Waals surface area contributed by atoms with Crippen molar-refractivity contribution >= 4 is 11.7 Å². The number of hydrogen-bond acceptors (Lipinski definition) is 4. The van der Waals surface area contributed by atoms with Crippen LogP contribution in [0.1, 0.15) is 66.5 Å². The molecule has 27 heavy (non-hydrogen) atoms. The fourth-order valence-electron chi connectivity index (χ4n) is 3.25. The molecule has 3 rings (SSSR count). The summed E-state index contributed by atoms with van der Waals surface area (Å²) in [5.41, 5.74) is -1.71. The quantitative estimate of drug-likeness (QED) is 0.590. The van der Waals surface area contributed by atoms with Crippen molar-refractivity contribution in [3.8, 4) is 0 Å². The number of rotatable bonds is 2. The second-order valence-corrected chi connectivity index (χ2v) is 9.46. The van der Waals surface area contributed by atoms with Gasteiger partial charge in [-0.05, 0) is 67.5 Å². The zero-order valence-corrected chi connectivity index (χ0v) is 17.3. The molecule has 1 aromatic rings. The van der Waals surface area contributed by atoms with Crippen molar-refractivity contribution in [2.75, 3.05) is 0 Å². The average Bonchev–Trinajstić information content (AvgIpc) is 2.81. The maximum Gasteiger partial charge on any atom is 0.316 e. The molecule has 0 spiro atoms. The number of hydrogen-bond donors (Lipinski definition) is 0. The highest BCUT2D eigenvalue weighted by Gasteiger charge is 2.60. The summed E-state index contributed by atoms with van der Waals surface area (Å²) in [6.07, 6.45) is 0. The summed E-state index contributed by atoms with van der Waals surface area (Å²) in [4.78, 5) is 4.61. The molecular weight excluding hydrogens is 344 g/mol. The zero-order chi connectivity index (χ0) is 20.6. The predicted molar refractivity (Wildman–Crippen MR) is 102 cm³/mol. The van der Waals surface area contributed by atoms with Gasteiger partial charge in [-0.3, -0.25) is 9.73 Å². The van der Waals surface area contributed by atoms with Crippen molar-refractivity contribution in [1.82, 2.24) is 10.1 Å². The molecule has 0 saturated carbocycles. The Morgan fingerprint density at radius 3 is 1.67 bits per heavy atom. The number of aliphatic imine (C=N–C) groups is 1. The molecule has 0 saturated heterocycles. The van der Waals surface area contributed by atoms with E-state index < -0.39 is 22.2 Å². The van der Waals surface area contributed by atoms with Crippen molar-refractivity contribution in [3.05, 3.63) is 40.6 Å². The van der Waals surface area contributed by atoms with Crippen LogP contribution in [0.4, 0.5) is 0 Å². The lowest BCUT2D eigenvalue weighted by atomic mass is 9.84. The third kappa shape index (κ3) is 2.41. The van der Waals surface area contributed by atoms with E-state index in [4.69, 9.17) is 0 Å². The van der Waals surface area contributed by atoms with Crippen LogP contribution in [0.5, 0.6) is 0 Å². The van der Waals surface area contributed by atoms with Crippen LogP contribution in [0.25, 0.3) is 0 Å². The highest BCUT2D eigenvalue weighted by atomic mass is 16.5. The van der Waals surface area contributed by atoms with Crippen molar-refractivity contribution in [2.24, 2.45) is 4.99 Å². The molecule has 0 N–H and O–H groups in total. The van der Waals surface area contributed by atoms with E-state index in [0.29, 0.717) is 17.0 Å². The minimum atomic E-state index is -0.863. The Morgan fingerprint density at radius 2 is 1.30 bits per heavy atom. The summed E-state index contributed by atoms with van der Waals surface area (Å²) in [6.45, 7) is 14.7. The third-order valence-corrected chi connectivity index (χ3v) is 6.88. The molecule has 2 radical (unpaired) electrons. The second kappa shape index (κ2) is 5.45. The van der Waals surface area contributed by atoms with Gasteiger partial charge in [-0.2, -0.15) is 5.06 Å². The number of nitrogens with zero attached hydrogens (tertiary/aromatic N) is 4. The van der Waals surface area contributed by atoms with Gasteiger partial charge in [0, 0.05) is 10.8 Å². The topological polar surface area (TPSA) is 84.7 Å². The maximum atomic E-state index is 12.8. The molecule has 0 amide bonds. The van der Waals surface area contributed by atoms with Crippen molar-refractivity contribution < 1.29 is 15.2 Å². The number of amidine groups is 2. The van der Waals surface area contributed by atoms with E-state index in [-0.39, 0.29) is 5.84 Å². The van der Waals surface area contributed by atoms with Gasteiger partial charge in [0.1, 0.15) is 5.54 Å². The summed E-state index contributed by atoms with van der Waals surface area (Å²) >= 11 is 0. The van der Waals surface area contributed by atoms with Crippen LogP contribution in [0.2, 0.25) is 0 Å². The SMILES string of the molecule is CC1(C)N=C(c2ccc(C3=[N+]([O-])C(C)(C)C(C)(C)N3[O])cc2)N([O])C1(C)C. The van der Waals surface area contributed by atoms with Crippen LogP contribution in [-0.2, 0) is 10.4 Å². The van der Waals surface area contributed by atoms with Gasteiger partial charge < -0.3 is 5.21 Å². The standard InChI is InChI=1S/C20H28N4O3/c1-17(2)18(3,4)22(25)15(21-17)13-9-11-14(12-10-13)16-23(26)19(5,6)20(7,8)24(16)27/h9-12H,1-8H3. The molecule has 0 unspecified atom stereocenters. The number of hydroxylamine groups is 5. The lowest BCUT2D eigenvalue weighted by Gasteiger charge is -2.35. The first kappa shape index (κ1) is 19.6. The van der Waals surface area contributed by atoms with Crippen molar-refractivity contribution in [2.45, 2.75) is 77.5 Å². The normalized spacial score (nSPS) is 25.2. The first-order valence-corrected chi connectivity index (χ1v) is 9.16. The lowest BCUT2D eigenvalue weighted by molar-refractivity contribution is -0.539. The molecule has 7 heteroatoms. The van der Waals surface area contributed by atoms with Crippen LogP contribution >= 0.6 is 0 Å². The molecule has 7 nitrogen and oxygen atoms in total. The average molecular weight is 372 g/mol. The predicted octanol–water partition coefficient (Wildman–Crippen LogP) is 3.13. The molecular formula is C20H28N4O3. The molecule has 2 aliphatic heterocycles. The Labute approximate surface area is 160 Å². The summed E-state index contributed by atoms with van der Waals surface area (Å²) in [5.74, 6) is 0.455. The smallest absolute Gasteiger partial charge is 0.316 e. The first-order chi connectivity index (χ1) is 12.2. The van der Waals surface area contributed by atoms with Gasteiger partial charge in [0.2, 0.25) is 0 Å².